The van der Waals surface area contributed by atoms with E-state index >= 15 is 0 Å². The molecular formula is C8H19O4P. The van der Waals surface area contributed by atoms with E-state index in [0.717, 1.165) is 6.42 Å². The summed E-state index contributed by atoms with van der Waals surface area (Å²) >= 11 is 0. The van der Waals surface area contributed by atoms with E-state index in [2.05, 4.69) is 0 Å². The first-order valence-electron chi connectivity index (χ1n) is 4.56. The molecule has 0 spiro atoms. The van der Waals surface area contributed by atoms with Crippen LogP contribution in [0.4, 0.5) is 0 Å². The lowest BCUT2D eigenvalue weighted by molar-refractivity contribution is 0.0925. The van der Waals surface area contributed by atoms with Crippen LogP contribution in [0.15, 0.2) is 0 Å². The SMILES string of the molecule is CCCOCCOP(C)(=O)OCC. The van der Waals surface area contributed by atoms with Crippen LogP contribution in [0.1, 0.15) is 20.3 Å². The van der Waals surface area contributed by atoms with Crippen molar-refractivity contribution in [3.05, 3.63) is 0 Å². The molecule has 0 aliphatic heterocycles. The van der Waals surface area contributed by atoms with Gasteiger partial charge in [0.1, 0.15) is 0 Å². The van der Waals surface area contributed by atoms with Crippen LogP contribution in [0.5, 0.6) is 0 Å². The van der Waals surface area contributed by atoms with Crippen LogP contribution in [0, 0.1) is 0 Å². The molecule has 1 unspecified atom stereocenters. The number of hydrogen-bond donors (Lipinski definition) is 0. The third-order valence-corrected chi connectivity index (χ3v) is 2.64. The Hall–Kier alpha value is 0.110. The summed E-state index contributed by atoms with van der Waals surface area (Å²) < 4.78 is 26.4. The minimum atomic E-state index is -2.82. The Morgan fingerprint density at radius 2 is 1.77 bits per heavy atom. The maximum atomic E-state index is 11.3. The molecule has 0 aromatic rings. The highest BCUT2D eigenvalue weighted by molar-refractivity contribution is 7.52. The van der Waals surface area contributed by atoms with E-state index in [4.69, 9.17) is 13.8 Å². The van der Waals surface area contributed by atoms with Gasteiger partial charge in [-0.2, -0.15) is 0 Å². The van der Waals surface area contributed by atoms with Crippen molar-refractivity contribution in [3.8, 4) is 0 Å². The zero-order valence-electron chi connectivity index (χ0n) is 8.62. The first kappa shape index (κ1) is 13.1. The molecule has 0 aliphatic carbocycles. The summed E-state index contributed by atoms with van der Waals surface area (Å²) in [4.78, 5) is 0. The lowest BCUT2D eigenvalue weighted by atomic mass is 10.5. The summed E-state index contributed by atoms with van der Waals surface area (Å²) in [7, 11) is -2.82. The van der Waals surface area contributed by atoms with Crippen LogP contribution in [0.25, 0.3) is 0 Å². The summed E-state index contributed by atoms with van der Waals surface area (Å²) in [5.74, 6) is 0. The predicted octanol–water partition coefficient (Wildman–Crippen LogP) is 2.29. The van der Waals surface area contributed by atoms with E-state index in [-0.39, 0.29) is 0 Å². The van der Waals surface area contributed by atoms with Crippen molar-refractivity contribution in [2.24, 2.45) is 0 Å². The average molecular weight is 210 g/mol. The van der Waals surface area contributed by atoms with Crippen molar-refractivity contribution in [1.29, 1.82) is 0 Å². The Kier molecular flexibility index (Phi) is 7.57. The highest BCUT2D eigenvalue weighted by Crippen LogP contribution is 2.43. The molecule has 13 heavy (non-hydrogen) atoms. The van der Waals surface area contributed by atoms with E-state index < -0.39 is 7.60 Å². The molecule has 0 rings (SSSR count). The van der Waals surface area contributed by atoms with Gasteiger partial charge in [0.25, 0.3) is 0 Å². The van der Waals surface area contributed by atoms with Crippen LogP contribution in [0.3, 0.4) is 0 Å². The normalized spacial score (nSPS) is 15.6. The molecule has 0 N–H and O–H groups in total. The van der Waals surface area contributed by atoms with Crippen LogP contribution in [0.2, 0.25) is 0 Å². The fourth-order valence-corrected chi connectivity index (χ4v) is 1.73. The highest BCUT2D eigenvalue weighted by Gasteiger charge is 2.14. The molecule has 80 valence electrons. The van der Waals surface area contributed by atoms with Gasteiger partial charge in [-0.05, 0) is 13.3 Å². The van der Waals surface area contributed by atoms with Gasteiger partial charge in [0.05, 0.1) is 19.8 Å². The van der Waals surface area contributed by atoms with Gasteiger partial charge in [0, 0.05) is 13.3 Å². The van der Waals surface area contributed by atoms with Crippen LogP contribution < -0.4 is 0 Å². The summed E-state index contributed by atoms with van der Waals surface area (Å²) in [6.45, 7) is 7.21. The Morgan fingerprint density at radius 1 is 1.08 bits per heavy atom. The van der Waals surface area contributed by atoms with Gasteiger partial charge >= 0.3 is 7.60 Å². The van der Waals surface area contributed by atoms with E-state index in [0.29, 0.717) is 26.4 Å². The Bertz CT molecular complexity index is 160. The van der Waals surface area contributed by atoms with Crippen molar-refractivity contribution in [2.45, 2.75) is 20.3 Å². The molecular weight excluding hydrogens is 191 g/mol. The standard InChI is InChI=1S/C8H19O4P/c1-4-6-10-7-8-12-13(3,9)11-5-2/h4-8H2,1-3H3. The fourth-order valence-electron chi connectivity index (χ4n) is 0.780. The smallest absolute Gasteiger partial charge is 0.327 e. The van der Waals surface area contributed by atoms with Crippen LogP contribution in [-0.4, -0.2) is 33.1 Å². The molecule has 0 radical (unpaired) electrons. The fraction of sp³-hybridized carbons (Fsp3) is 1.00. The van der Waals surface area contributed by atoms with E-state index in [1.165, 1.54) is 6.66 Å². The molecule has 0 amide bonds. The third kappa shape index (κ3) is 8.44. The average Bonchev–Trinajstić information content (AvgIpc) is 2.04. The summed E-state index contributed by atoms with van der Waals surface area (Å²) in [6.07, 6.45) is 0.981. The second-order valence-corrected chi connectivity index (χ2v) is 4.69. The number of hydrogen-bond acceptors (Lipinski definition) is 4. The second-order valence-electron chi connectivity index (χ2n) is 2.63. The lowest BCUT2D eigenvalue weighted by Crippen LogP contribution is -2.04. The van der Waals surface area contributed by atoms with Gasteiger partial charge in [-0.1, -0.05) is 6.92 Å². The zero-order valence-corrected chi connectivity index (χ0v) is 9.51. The van der Waals surface area contributed by atoms with E-state index in [9.17, 15) is 4.57 Å². The van der Waals surface area contributed by atoms with Crippen molar-refractivity contribution >= 4 is 7.60 Å². The predicted molar refractivity (Wildman–Crippen MR) is 52.2 cm³/mol. The molecule has 0 aromatic carbocycles. The molecule has 0 heterocycles. The lowest BCUT2D eigenvalue weighted by Gasteiger charge is -2.12. The monoisotopic (exact) mass is 210 g/mol. The van der Waals surface area contributed by atoms with E-state index in [1.54, 1.807) is 6.92 Å². The van der Waals surface area contributed by atoms with Crippen molar-refractivity contribution in [3.63, 3.8) is 0 Å². The molecule has 0 saturated heterocycles. The third-order valence-electron chi connectivity index (χ3n) is 1.27. The molecule has 0 bridgehead atoms. The Morgan fingerprint density at radius 3 is 2.31 bits per heavy atom. The first-order valence-corrected chi connectivity index (χ1v) is 6.55. The van der Waals surface area contributed by atoms with Gasteiger partial charge in [0.15, 0.2) is 0 Å². The van der Waals surface area contributed by atoms with Gasteiger partial charge in [-0.15, -0.1) is 0 Å². The van der Waals surface area contributed by atoms with Crippen LogP contribution in [-0.2, 0) is 18.3 Å². The first-order chi connectivity index (χ1) is 6.12. The van der Waals surface area contributed by atoms with Gasteiger partial charge in [0.2, 0.25) is 0 Å². The topological polar surface area (TPSA) is 44.8 Å². The molecule has 0 saturated carbocycles. The molecule has 5 heteroatoms. The van der Waals surface area contributed by atoms with Crippen molar-refractivity contribution in [2.75, 3.05) is 33.1 Å². The van der Waals surface area contributed by atoms with E-state index in [1.807, 2.05) is 6.92 Å². The number of ether oxygens (including phenoxy) is 1. The quantitative estimate of drug-likeness (QED) is 0.455. The Labute approximate surface area is 80.1 Å². The maximum Gasteiger partial charge on any atom is 0.327 e. The summed E-state index contributed by atoms with van der Waals surface area (Å²) in [6, 6.07) is 0. The molecule has 4 nitrogen and oxygen atoms in total. The van der Waals surface area contributed by atoms with Gasteiger partial charge in [-0.3, -0.25) is 4.57 Å². The maximum absolute atomic E-state index is 11.3. The molecule has 1 atom stereocenters. The summed E-state index contributed by atoms with van der Waals surface area (Å²) in [5.41, 5.74) is 0. The van der Waals surface area contributed by atoms with Crippen LogP contribution >= 0.6 is 7.60 Å². The van der Waals surface area contributed by atoms with Crippen molar-refractivity contribution in [1.82, 2.24) is 0 Å². The molecule has 0 fully saturated rings. The van der Waals surface area contributed by atoms with Crippen molar-refractivity contribution < 1.29 is 18.3 Å². The molecule has 0 aliphatic rings. The number of rotatable bonds is 8. The van der Waals surface area contributed by atoms with Gasteiger partial charge in [-0.25, -0.2) is 0 Å². The largest absolute Gasteiger partial charge is 0.379 e. The van der Waals surface area contributed by atoms with Gasteiger partial charge < -0.3 is 13.8 Å². The minimum absolute atomic E-state index is 0.327. The molecule has 0 aromatic heterocycles. The Balaban J connectivity index is 3.35. The zero-order chi connectivity index (χ0) is 10.2. The summed E-state index contributed by atoms with van der Waals surface area (Å²) in [5, 5.41) is 0. The highest BCUT2D eigenvalue weighted by atomic mass is 31.2. The minimum Gasteiger partial charge on any atom is -0.379 e. The second kappa shape index (κ2) is 7.51.